The van der Waals surface area contributed by atoms with Gasteiger partial charge in [0.2, 0.25) is 0 Å². The first kappa shape index (κ1) is 12.3. The Labute approximate surface area is 117 Å². The van der Waals surface area contributed by atoms with Gasteiger partial charge in [-0.1, -0.05) is 24.3 Å². The minimum Gasteiger partial charge on any atom is -0.313 e. The van der Waals surface area contributed by atoms with E-state index in [9.17, 15) is 0 Å². The van der Waals surface area contributed by atoms with Crippen molar-refractivity contribution < 1.29 is 0 Å². The quantitative estimate of drug-likeness (QED) is 0.778. The molecule has 1 N–H and O–H groups in total. The molecule has 96 valence electrons. The molecule has 0 aliphatic rings. The lowest BCUT2D eigenvalue weighted by atomic mass is 9.99. The zero-order valence-electron chi connectivity index (χ0n) is 10.8. The molecule has 1 atom stereocenters. The maximum absolute atomic E-state index is 4.19. The summed E-state index contributed by atoms with van der Waals surface area (Å²) in [4.78, 5) is 4.19. The van der Waals surface area contributed by atoms with Crippen molar-refractivity contribution in [1.29, 1.82) is 0 Å². The van der Waals surface area contributed by atoms with Gasteiger partial charge in [0.05, 0.1) is 0 Å². The number of aromatic nitrogens is 1. The van der Waals surface area contributed by atoms with Gasteiger partial charge in [0.1, 0.15) is 0 Å². The van der Waals surface area contributed by atoms with Crippen LogP contribution in [0.2, 0.25) is 0 Å². The smallest absolute Gasteiger partial charge is 0.0373 e. The third-order valence-electron chi connectivity index (χ3n) is 3.40. The van der Waals surface area contributed by atoms with Crippen LogP contribution >= 0.6 is 11.3 Å². The van der Waals surface area contributed by atoms with Crippen LogP contribution in [-0.4, -0.2) is 12.0 Å². The number of pyridine rings is 1. The van der Waals surface area contributed by atoms with Crippen molar-refractivity contribution in [3.05, 3.63) is 65.3 Å². The van der Waals surface area contributed by atoms with Gasteiger partial charge in [0.15, 0.2) is 0 Å². The van der Waals surface area contributed by atoms with E-state index < -0.39 is 0 Å². The summed E-state index contributed by atoms with van der Waals surface area (Å²) in [5, 5.41) is 7.05. The lowest BCUT2D eigenvalue weighted by Gasteiger charge is -2.15. The molecule has 0 spiro atoms. The molecule has 1 unspecified atom stereocenters. The highest BCUT2D eigenvalue weighted by Gasteiger charge is 2.14. The number of hydrogen-bond donors (Lipinski definition) is 1. The van der Waals surface area contributed by atoms with E-state index in [-0.39, 0.29) is 0 Å². The average molecular weight is 268 g/mol. The molecule has 2 aromatic heterocycles. The van der Waals surface area contributed by atoms with Crippen molar-refractivity contribution in [1.82, 2.24) is 10.3 Å². The topological polar surface area (TPSA) is 24.9 Å². The van der Waals surface area contributed by atoms with Crippen LogP contribution in [0, 0.1) is 0 Å². The van der Waals surface area contributed by atoms with Gasteiger partial charge in [0.25, 0.3) is 0 Å². The molecule has 3 heteroatoms. The van der Waals surface area contributed by atoms with Crippen LogP contribution in [0.15, 0.2) is 54.2 Å². The zero-order chi connectivity index (χ0) is 13.1. The molecule has 19 heavy (non-hydrogen) atoms. The Hall–Kier alpha value is -1.71. The summed E-state index contributed by atoms with van der Waals surface area (Å²) in [6.07, 6.45) is 4.72. The second-order valence-electron chi connectivity index (χ2n) is 4.59. The lowest BCUT2D eigenvalue weighted by Crippen LogP contribution is -2.18. The van der Waals surface area contributed by atoms with E-state index in [1.54, 1.807) is 0 Å². The van der Waals surface area contributed by atoms with Crippen LogP contribution in [0.4, 0.5) is 0 Å². The molecular formula is C16H16N2S. The minimum atomic E-state index is 0.334. The number of nitrogens with zero attached hydrogens (tertiary/aromatic N) is 1. The molecule has 0 aliphatic carbocycles. The van der Waals surface area contributed by atoms with E-state index in [1.807, 2.05) is 36.8 Å². The van der Waals surface area contributed by atoms with Crippen LogP contribution < -0.4 is 5.32 Å². The first-order valence-electron chi connectivity index (χ1n) is 6.41. The molecule has 0 radical (unpaired) electrons. The summed E-state index contributed by atoms with van der Waals surface area (Å²) in [7, 11) is 2.02. The van der Waals surface area contributed by atoms with E-state index >= 15 is 0 Å². The van der Waals surface area contributed by atoms with Gasteiger partial charge in [0, 0.05) is 23.1 Å². The van der Waals surface area contributed by atoms with Crippen molar-refractivity contribution in [2.75, 3.05) is 7.05 Å². The predicted molar refractivity (Wildman–Crippen MR) is 81.6 cm³/mol. The fourth-order valence-electron chi connectivity index (χ4n) is 2.39. The molecule has 0 bridgehead atoms. The Morgan fingerprint density at radius 1 is 1.21 bits per heavy atom. The molecule has 2 heterocycles. The van der Waals surface area contributed by atoms with Gasteiger partial charge in [-0.25, -0.2) is 0 Å². The standard InChI is InChI=1S/C16H16N2S/c1-17-15(9-12-5-4-8-18-10-12)14-11-19-16-7-3-2-6-13(14)16/h2-8,10-11,15,17H,9H2,1H3. The SMILES string of the molecule is CNC(Cc1cccnc1)c1csc2ccccc12. The van der Waals surface area contributed by atoms with Crippen molar-refractivity contribution in [2.24, 2.45) is 0 Å². The largest absolute Gasteiger partial charge is 0.313 e. The fraction of sp³-hybridized carbons (Fsp3) is 0.188. The van der Waals surface area contributed by atoms with Crippen LogP contribution in [0.5, 0.6) is 0 Å². The molecule has 1 aromatic carbocycles. The number of likely N-dealkylation sites (N-methyl/N-ethyl adjacent to an activating group) is 1. The van der Waals surface area contributed by atoms with Crippen molar-refractivity contribution in [3.63, 3.8) is 0 Å². The number of benzene rings is 1. The monoisotopic (exact) mass is 268 g/mol. The third kappa shape index (κ3) is 2.53. The molecule has 3 aromatic rings. The normalized spacial score (nSPS) is 12.7. The highest BCUT2D eigenvalue weighted by atomic mass is 32.1. The molecule has 3 rings (SSSR count). The summed E-state index contributed by atoms with van der Waals surface area (Å²) in [6.45, 7) is 0. The van der Waals surface area contributed by atoms with Crippen LogP contribution in [0.3, 0.4) is 0 Å². The predicted octanol–water partition coefficient (Wildman–Crippen LogP) is 3.80. The average Bonchev–Trinajstić information content (AvgIpc) is 2.90. The molecule has 0 saturated heterocycles. The molecule has 2 nitrogen and oxygen atoms in total. The summed E-state index contributed by atoms with van der Waals surface area (Å²) >= 11 is 1.81. The number of nitrogens with one attached hydrogen (secondary N) is 1. The third-order valence-corrected chi connectivity index (χ3v) is 4.38. The number of hydrogen-bond acceptors (Lipinski definition) is 3. The van der Waals surface area contributed by atoms with Gasteiger partial charge in [-0.3, -0.25) is 4.98 Å². The maximum Gasteiger partial charge on any atom is 0.0373 e. The van der Waals surface area contributed by atoms with E-state index in [2.05, 4.69) is 46.0 Å². The Bertz CT molecular complexity index is 661. The molecule has 0 amide bonds. The Morgan fingerprint density at radius 2 is 2.11 bits per heavy atom. The second kappa shape index (κ2) is 5.51. The van der Waals surface area contributed by atoms with Crippen LogP contribution in [0.25, 0.3) is 10.1 Å². The zero-order valence-corrected chi connectivity index (χ0v) is 11.7. The summed E-state index contributed by atoms with van der Waals surface area (Å²) in [5.74, 6) is 0. The number of rotatable bonds is 4. The van der Waals surface area contributed by atoms with Crippen molar-refractivity contribution in [3.8, 4) is 0 Å². The summed E-state index contributed by atoms with van der Waals surface area (Å²) in [6, 6.07) is 13.0. The molecular weight excluding hydrogens is 252 g/mol. The lowest BCUT2D eigenvalue weighted by molar-refractivity contribution is 0.597. The number of fused-ring (bicyclic) bond motifs is 1. The first-order chi connectivity index (χ1) is 9.38. The fourth-order valence-corrected chi connectivity index (χ4v) is 3.41. The Kier molecular flexibility index (Phi) is 3.58. The summed E-state index contributed by atoms with van der Waals surface area (Å²) < 4.78 is 1.35. The van der Waals surface area contributed by atoms with E-state index in [0.717, 1.165) is 6.42 Å². The van der Waals surface area contributed by atoms with Gasteiger partial charge in [-0.05, 0) is 47.5 Å². The van der Waals surface area contributed by atoms with E-state index in [1.165, 1.54) is 21.2 Å². The van der Waals surface area contributed by atoms with Crippen molar-refractivity contribution >= 4 is 21.4 Å². The molecule has 0 aliphatic heterocycles. The van der Waals surface area contributed by atoms with Gasteiger partial charge < -0.3 is 5.32 Å². The number of thiophene rings is 1. The molecule has 0 saturated carbocycles. The van der Waals surface area contributed by atoms with E-state index in [0.29, 0.717) is 6.04 Å². The van der Waals surface area contributed by atoms with Gasteiger partial charge >= 0.3 is 0 Å². The van der Waals surface area contributed by atoms with Crippen LogP contribution in [-0.2, 0) is 6.42 Å². The maximum atomic E-state index is 4.19. The first-order valence-corrected chi connectivity index (χ1v) is 7.29. The molecule has 0 fully saturated rings. The summed E-state index contributed by atoms with van der Waals surface area (Å²) in [5.41, 5.74) is 2.64. The minimum absolute atomic E-state index is 0.334. The van der Waals surface area contributed by atoms with Crippen LogP contribution in [0.1, 0.15) is 17.2 Å². The Morgan fingerprint density at radius 3 is 2.89 bits per heavy atom. The van der Waals surface area contributed by atoms with Crippen molar-refractivity contribution in [2.45, 2.75) is 12.5 Å². The van der Waals surface area contributed by atoms with Gasteiger partial charge in [-0.2, -0.15) is 0 Å². The second-order valence-corrected chi connectivity index (χ2v) is 5.51. The highest BCUT2D eigenvalue weighted by molar-refractivity contribution is 7.17. The highest BCUT2D eigenvalue weighted by Crippen LogP contribution is 2.31. The Balaban J connectivity index is 1.94. The van der Waals surface area contributed by atoms with Gasteiger partial charge in [-0.15, -0.1) is 11.3 Å². The van der Waals surface area contributed by atoms with E-state index in [4.69, 9.17) is 0 Å².